The van der Waals surface area contributed by atoms with Crippen molar-refractivity contribution in [1.29, 1.82) is 0 Å². The highest BCUT2D eigenvalue weighted by Gasteiger charge is 2.38. The monoisotopic (exact) mass is 232 g/mol. The fourth-order valence-electron chi connectivity index (χ4n) is 3.80. The largest absolute Gasteiger partial charge is 0.0804 e. The van der Waals surface area contributed by atoms with Crippen LogP contribution < -0.4 is 0 Å². The molecule has 96 valence electrons. The summed E-state index contributed by atoms with van der Waals surface area (Å²) in [6, 6.07) is 0. The summed E-state index contributed by atoms with van der Waals surface area (Å²) in [5.41, 5.74) is 2.23. The van der Waals surface area contributed by atoms with Crippen LogP contribution in [0.25, 0.3) is 0 Å². The molecule has 0 heteroatoms. The molecular formula is C17H28. The summed E-state index contributed by atoms with van der Waals surface area (Å²) in [4.78, 5) is 0. The Bertz CT molecular complexity index is 291. The smallest absolute Gasteiger partial charge is 0.00819 e. The standard InChI is InChI=1S/C17H28/c1-3-4-9-14-17(2,15-10-5-6-11-15)16-12-7-8-13-16/h5-6,10,16H,3-4,7-9,11-14H2,1-2H3. The van der Waals surface area contributed by atoms with Crippen LogP contribution in [0.1, 0.15) is 71.6 Å². The van der Waals surface area contributed by atoms with Gasteiger partial charge in [-0.15, -0.1) is 0 Å². The van der Waals surface area contributed by atoms with Crippen molar-refractivity contribution in [2.24, 2.45) is 11.3 Å². The minimum Gasteiger partial charge on any atom is -0.0804 e. The number of allylic oxidation sites excluding steroid dienone is 4. The van der Waals surface area contributed by atoms with E-state index in [1.54, 1.807) is 5.57 Å². The Morgan fingerprint density at radius 2 is 2.00 bits per heavy atom. The molecule has 2 aliphatic carbocycles. The van der Waals surface area contributed by atoms with Crippen LogP contribution in [0.3, 0.4) is 0 Å². The van der Waals surface area contributed by atoms with Crippen molar-refractivity contribution in [3.05, 3.63) is 23.8 Å². The topological polar surface area (TPSA) is 0 Å². The van der Waals surface area contributed by atoms with E-state index < -0.39 is 0 Å². The quantitative estimate of drug-likeness (QED) is 0.519. The molecule has 0 saturated heterocycles. The summed E-state index contributed by atoms with van der Waals surface area (Å²) in [6.45, 7) is 4.86. The van der Waals surface area contributed by atoms with E-state index in [0.29, 0.717) is 5.41 Å². The molecule has 2 rings (SSSR count). The number of hydrogen-bond acceptors (Lipinski definition) is 0. The lowest BCUT2D eigenvalue weighted by atomic mass is 9.67. The third kappa shape index (κ3) is 2.84. The van der Waals surface area contributed by atoms with Gasteiger partial charge in [-0.05, 0) is 37.0 Å². The molecule has 17 heavy (non-hydrogen) atoms. The average Bonchev–Trinajstić information content (AvgIpc) is 3.02. The van der Waals surface area contributed by atoms with Gasteiger partial charge in [-0.1, -0.05) is 69.8 Å². The van der Waals surface area contributed by atoms with Crippen LogP contribution in [-0.4, -0.2) is 0 Å². The highest BCUT2D eigenvalue weighted by Crippen LogP contribution is 2.49. The number of hydrogen-bond donors (Lipinski definition) is 0. The first-order chi connectivity index (χ1) is 8.27. The Balaban J connectivity index is 2.04. The summed E-state index contributed by atoms with van der Waals surface area (Å²) < 4.78 is 0. The molecule has 1 saturated carbocycles. The lowest BCUT2D eigenvalue weighted by Crippen LogP contribution is -2.27. The van der Waals surface area contributed by atoms with Gasteiger partial charge in [0.1, 0.15) is 0 Å². The second-order valence-electron chi connectivity index (χ2n) is 6.18. The van der Waals surface area contributed by atoms with E-state index in [2.05, 4.69) is 32.1 Å². The van der Waals surface area contributed by atoms with Gasteiger partial charge in [0.15, 0.2) is 0 Å². The maximum atomic E-state index is 2.55. The van der Waals surface area contributed by atoms with Gasteiger partial charge in [-0.25, -0.2) is 0 Å². The summed E-state index contributed by atoms with van der Waals surface area (Å²) in [6.07, 6.45) is 19.7. The van der Waals surface area contributed by atoms with Gasteiger partial charge in [0.2, 0.25) is 0 Å². The zero-order valence-corrected chi connectivity index (χ0v) is 11.7. The minimum absolute atomic E-state index is 0.509. The lowest BCUT2D eigenvalue weighted by Gasteiger charge is -2.38. The first-order valence-corrected chi connectivity index (χ1v) is 7.63. The molecule has 0 spiro atoms. The molecule has 0 nitrogen and oxygen atoms in total. The molecule has 1 unspecified atom stereocenters. The zero-order valence-electron chi connectivity index (χ0n) is 11.7. The third-order valence-corrected chi connectivity index (χ3v) is 5.06. The number of unbranched alkanes of at least 4 members (excludes halogenated alkanes) is 2. The van der Waals surface area contributed by atoms with Crippen molar-refractivity contribution in [1.82, 2.24) is 0 Å². The Labute approximate surface area is 107 Å². The molecule has 0 bridgehead atoms. The molecule has 0 aromatic rings. The lowest BCUT2D eigenvalue weighted by molar-refractivity contribution is 0.213. The number of rotatable bonds is 6. The fourth-order valence-corrected chi connectivity index (χ4v) is 3.80. The van der Waals surface area contributed by atoms with Crippen molar-refractivity contribution in [2.45, 2.75) is 71.6 Å². The second kappa shape index (κ2) is 5.89. The Hall–Kier alpha value is -0.520. The molecule has 0 amide bonds. The van der Waals surface area contributed by atoms with Gasteiger partial charge < -0.3 is 0 Å². The van der Waals surface area contributed by atoms with E-state index in [0.717, 1.165) is 5.92 Å². The normalized spacial score (nSPS) is 24.0. The first kappa shape index (κ1) is 12.9. The SMILES string of the molecule is CCCCCC(C)(C1=CC=CC1)C1CCCC1. The van der Waals surface area contributed by atoms with Crippen LogP contribution >= 0.6 is 0 Å². The van der Waals surface area contributed by atoms with Crippen LogP contribution in [0.2, 0.25) is 0 Å². The predicted octanol–water partition coefficient (Wildman–Crippen LogP) is 5.65. The van der Waals surface area contributed by atoms with Crippen molar-refractivity contribution >= 4 is 0 Å². The van der Waals surface area contributed by atoms with Crippen LogP contribution in [0.4, 0.5) is 0 Å². The molecule has 0 aromatic heterocycles. The van der Waals surface area contributed by atoms with Crippen molar-refractivity contribution in [2.75, 3.05) is 0 Å². The van der Waals surface area contributed by atoms with E-state index in [-0.39, 0.29) is 0 Å². The summed E-state index contributed by atoms with van der Waals surface area (Å²) in [7, 11) is 0. The summed E-state index contributed by atoms with van der Waals surface area (Å²) >= 11 is 0. The molecule has 1 fully saturated rings. The minimum atomic E-state index is 0.509. The van der Waals surface area contributed by atoms with E-state index in [1.807, 2.05) is 0 Å². The van der Waals surface area contributed by atoms with E-state index >= 15 is 0 Å². The zero-order chi connectivity index (χ0) is 12.1. The van der Waals surface area contributed by atoms with Gasteiger partial charge in [-0.3, -0.25) is 0 Å². The fraction of sp³-hybridized carbons (Fsp3) is 0.765. The third-order valence-electron chi connectivity index (χ3n) is 5.06. The van der Waals surface area contributed by atoms with Gasteiger partial charge in [-0.2, -0.15) is 0 Å². The molecule has 1 atom stereocenters. The molecule has 2 aliphatic rings. The van der Waals surface area contributed by atoms with Gasteiger partial charge >= 0.3 is 0 Å². The molecular weight excluding hydrogens is 204 g/mol. The molecule has 0 radical (unpaired) electrons. The van der Waals surface area contributed by atoms with Crippen molar-refractivity contribution < 1.29 is 0 Å². The maximum absolute atomic E-state index is 2.55. The Kier molecular flexibility index (Phi) is 4.48. The molecule has 0 aromatic carbocycles. The van der Waals surface area contributed by atoms with Crippen LogP contribution in [0, 0.1) is 11.3 Å². The van der Waals surface area contributed by atoms with E-state index in [4.69, 9.17) is 0 Å². The Morgan fingerprint density at radius 3 is 2.59 bits per heavy atom. The van der Waals surface area contributed by atoms with Crippen LogP contribution in [0.5, 0.6) is 0 Å². The average molecular weight is 232 g/mol. The first-order valence-electron chi connectivity index (χ1n) is 7.63. The van der Waals surface area contributed by atoms with Crippen LogP contribution in [0.15, 0.2) is 23.8 Å². The molecule has 0 N–H and O–H groups in total. The summed E-state index contributed by atoms with van der Waals surface area (Å²) in [5.74, 6) is 0.963. The van der Waals surface area contributed by atoms with E-state index in [1.165, 1.54) is 57.8 Å². The van der Waals surface area contributed by atoms with Gasteiger partial charge in [0, 0.05) is 0 Å². The van der Waals surface area contributed by atoms with Crippen molar-refractivity contribution in [3.8, 4) is 0 Å². The highest BCUT2D eigenvalue weighted by atomic mass is 14.4. The highest BCUT2D eigenvalue weighted by molar-refractivity contribution is 5.29. The van der Waals surface area contributed by atoms with Gasteiger partial charge in [0.05, 0.1) is 0 Å². The predicted molar refractivity (Wildman–Crippen MR) is 76.0 cm³/mol. The molecule has 0 heterocycles. The van der Waals surface area contributed by atoms with Gasteiger partial charge in [0.25, 0.3) is 0 Å². The maximum Gasteiger partial charge on any atom is -0.00819 e. The summed E-state index contributed by atoms with van der Waals surface area (Å²) in [5, 5.41) is 0. The van der Waals surface area contributed by atoms with E-state index in [9.17, 15) is 0 Å². The Morgan fingerprint density at radius 1 is 1.24 bits per heavy atom. The van der Waals surface area contributed by atoms with Crippen LogP contribution in [-0.2, 0) is 0 Å². The second-order valence-corrected chi connectivity index (χ2v) is 6.18. The van der Waals surface area contributed by atoms with Crippen molar-refractivity contribution in [3.63, 3.8) is 0 Å². The molecule has 0 aliphatic heterocycles.